The van der Waals surface area contributed by atoms with Crippen molar-refractivity contribution >= 4 is 39.1 Å². The molecule has 1 heterocycles. The molecule has 0 spiro atoms. The van der Waals surface area contributed by atoms with E-state index in [0.29, 0.717) is 5.02 Å². The minimum absolute atomic E-state index is 0.699. The molecule has 0 fully saturated rings. The van der Waals surface area contributed by atoms with Gasteiger partial charge in [0.15, 0.2) is 0 Å². The summed E-state index contributed by atoms with van der Waals surface area (Å²) in [6, 6.07) is 11.8. The van der Waals surface area contributed by atoms with E-state index in [2.05, 4.69) is 24.3 Å². The summed E-state index contributed by atoms with van der Waals surface area (Å²) in [5, 5.41) is 6.47. The second-order valence-electron chi connectivity index (χ2n) is 6.47. The maximum Gasteiger partial charge on any atom is 0.119 e. The van der Waals surface area contributed by atoms with E-state index < -0.39 is 0 Å². The fraction of sp³-hybridized carbons (Fsp3) is 0.350. The average molecular weight is 358 g/mol. The van der Waals surface area contributed by atoms with Crippen molar-refractivity contribution < 1.29 is 4.74 Å². The van der Waals surface area contributed by atoms with Gasteiger partial charge in [-0.3, -0.25) is 0 Å². The number of nitrogens with one attached hydrogen (secondary N) is 1. The molecule has 0 amide bonds. The zero-order valence-electron chi connectivity index (χ0n) is 15.0. The number of nitrogens with zero attached hydrogens (tertiary/aromatic N) is 2. The van der Waals surface area contributed by atoms with Gasteiger partial charge in [-0.15, -0.1) is 0 Å². The van der Waals surface area contributed by atoms with Crippen molar-refractivity contribution in [2.45, 2.75) is 12.8 Å². The second-order valence-corrected chi connectivity index (χ2v) is 6.90. The zero-order valence-corrected chi connectivity index (χ0v) is 15.7. The molecule has 0 saturated heterocycles. The summed E-state index contributed by atoms with van der Waals surface area (Å²) in [4.78, 5) is 6.97. The van der Waals surface area contributed by atoms with Crippen LogP contribution < -0.4 is 10.1 Å². The van der Waals surface area contributed by atoms with Gasteiger partial charge in [-0.05, 0) is 69.9 Å². The van der Waals surface area contributed by atoms with Crippen LogP contribution in [0.25, 0.3) is 21.8 Å². The number of fused-ring (bicyclic) bond motifs is 2. The number of unbranched alkanes of at least 4 members (excludes halogenated alkanes) is 1. The summed E-state index contributed by atoms with van der Waals surface area (Å²) < 4.78 is 5.40. The smallest absolute Gasteiger partial charge is 0.119 e. The number of anilines is 1. The molecule has 5 heteroatoms. The van der Waals surface area contributed by atoms with Crippen molar-refractivity contribution in [2.24, 2.45) is 0 Å². The summed E-state index contributed by atoms with van der Waals surface area (Å²) in [5.74, 6) is 0.832. The Labute approximate surface area is 153 Å². The van der Waals surface area contributed by atoms with Crippen LogP contribution in [-0.2, 0) is 0 Å². The third-order valence-corrected chi connectivity index (χ3v) is 4.51. The lowest BCUT2D eigenvalue weighted by Crippen LogP contribution is -2.14. The number of hydrogen-bond donors (Lipinski definition) is 1. The van der Waals surface area contributed by atoms with Crippen LogP contribution in [-0.4, -0.2) is 44.2 Å². The lowest BCUT2D eigenvalue weighted by molar-refractivity contribution is 0.396. The zero-order chi connectivity index (χ0) is 17.8. The predicted octanol–water partition coefficient (Wildman–Crippen LogP) is 4.80. The van der Waals surface area contributed by atoms with Crippen LogP contribution in [0.4, 0.5) is 5.69 Å². The molecule has 4 nitrogen and oxygen atoms in total. The Balaban J connectivity index is 1.98. The molecule has 25 heavy (non-hydrogen) atoms. The van der Waals surface area contributed by atoms with Crippen LogP contribution in [0, 0.1) is 0 Å². The van der Waals surface area contributed by atoms with Gasteiger partial charge < -0.3 is 15.0 Å². The minimum atomic E-state index is 0.699. The van der Waals surface area contributed by atoms with Gasteiger partial charge in [-0.25, -0.2) is 4.98 Å². The maximum atomic E-state index is 6.16. The molecule has 0 aliphatic carbocycles. The van der Waals surface area contributed by atoms with Crippen molar-refractivity contribution in [1.29, 1.82) is 0 Å². The van der Waals surface area contributed by atoms with Gasteiger partial charge in [-0.1, -0.05) is 11.6 Å². The van der Waals surface area contributed by atoms with E-state index in [0.717, 1.165) is 59.2 Å². The minimum Gasteiger partial charge on any atom is -0.497 e. The fourth-order valence-electron chi connectivity index (χ4n) is 2.98. The van der Waals surface area contributed by atoms with E-state index in [1.54, 1.807) is 7.11 Å². The second kappa shape index (κ2) is 7.89. The SMILES string of the molecule is COc1ccc2nc3cc(Cl)ccc3c(NCCCCN(C)C)c2c1. The third kappa shape index (κ3) is 4.14. The largest absolute Gasteiger partial charge is 0.497 e. The van der Waals surface area contributed by atoms with Gasteiger partial charge in [0.1, 0.15) is 5.75 Å². The van der Waals surface area contributed by atoms with Gasteiger partial charge in [0.05, 0.1) is 23.8 Å². The van der Waals surface area contributed by atoms with Crippen molar-refractivity contribution in [3.05, 3.63) is 41.4 Å². The predicted molar refractivity (Wildman–Crippen MR) is 107 cm³/mol. The molecule has 1 N–H and O–H groups in total. The number of pyridine rings is 1. The number of halogens is 1. The first-order valence-electron chi connectivity index (χ1n) is 8.54. The Hall–Kier alpha value is -2.04. The molecule has 3 aromatic rings. The molecule has 0 radical (unpaired) electrons. The Morgan fingerprint density at radius 3 is 2.64 bits per heavy atom. The van der Waals surface area contributed by atoms with Gasteiger partial charge in [-0.2, -0.15) is 0 Å². The number of ether oxygens (including phenoxy) is 1. The molecule has 0 aliphatic rings. The monoisotopic (exact) mass is 357 g/mol. The van der Waals surface area contributed by atoms with Gasteiger partial charge in [0.2, 0.25) is 0 Å². The Kier molecular flexibility index (Phi) is 5.61. The molecule has 0 unspecified atom stereocenters. The number of benzene rings is 2. The van der Waals surface area contributed by atoms with Crippen LogP contribution >= 0.6 is 11.6 Å². The van der Waals surface area contributed by atoms with Crippen LogP contribution in [0.1, 0.15) is 12.8 Å². The summed E-state index contributed by atoms with van der Waals surface area (Å²) in [5.41, 5.74) is 2.94. The highest BCUT2D eigenvalue weighted by Gasteiger charge is 2.10. The van der Waals surface area contributed by atoms with E-state index in [-0.39, 0.29) is 0 Å². The lowest BCUT2D eigenvalue weighted by atomic mass is 10.1. The molecular formula is C20H24ClN3O. The molecule has 0 bridgehead atoms. The van der Waals surface area contributed by atoms with E-state index >= 15 is 0 Å². The maximum absolute atomic E-state index is 6.16. The topological polar surface area (TPSA) is 37.4 Å². The van der Waals surface area contributed by atoms with Crippen molar-refractivity contribution in [1.82, 2.24) is 9.88 Å². The van der Waals surface area contributed by atoms with E-state index in [9.17, 15) is 0 Å². The summed E-state index contributed by atoms with van der Waals surface area (Å²) >= 11 is 6.16. The standard InChI is InChI=1S/C20H24ClN3O/c1-24(2)11-5-4-10-22-20-16-8-6-14(21)12-19(16)23-18-9-7-15(25-3)13-17(18)20/h6-9,12-13H,4-5,10-11H2,1-3H3,(H,22,23). The highest BCUT2D eigenvalue weighted by atomic mass is 35.5. The molecule has 132 valence electrons. The van der Waals surface area contributed by atoms with Crippen LogP contribution in [0.2, 0.25) is 5.02 Å². The van der Waals surface area contributed by atoms with Gasteiger partial charge in [0.25, 0.3) is 0 Å². The van der Waals surface area contributed by atoms with Crippen molar-refractivity contribution in [3.63, 3.8) is 0 Å². The van der Waals surface area contributed by atoms with Crippen LogP contribution in [0.5, 0.6) is 5.75 Å². The summed E-state index contributed by atoms with van der Waals surface area (Å²) in [6.07, 6.45) is 2.27. The first-order chi connectivity index (χ1) is 12.1. The number of rotatable bonds is 7. The van der Waals surface area contributed by atoms with E-state index in [1.807, 2.05) is 36.4 Å². The summed E-state index contributed by atoms with van der Waals surface area (Å²) in [6.45, 7) is 2.02. The lowest BCUT2D eigenvalue weighted by Gasteiger charge is -2.15. The average Bonchev–Trinajstić information content (AvgIpc) is 2.59. The van der Waals surface area contributed by atoms with E-state index in [1.165, 1.54) is 0 Å². The molecular weight excluding hydrogens is 334 g/mol. The first-order valence-corrected chi connectivity index (χ1v) is 8.92. The fourth-order valence-corrected chi connectivity index (χ4v) is 3.15. The quantitative estimate of drug-likeness (QED) is 0.486. The van der Waals surface area contributed by atoms with Crippen LogP contribution in [0.3, 0.4) is 0 Å². The molecule has 2 aromatic carbocycles. The third-order valence-electron chi connectivity index (χ3n) is 4.28. The van der Waals surface area contributed by atoms with Crippen molar-refractivity contribution in [2.75, 3.05) is 39.6 Å². The molecule has 0 saturated carbocycles. The molecule has 0 aliphatic heterocycles. The van der Waals surface area contributed by atoms with Crippen molar-refractivity contribution in [3.8, 4) is 5.75 Å². The van der Waals surface area contributed by atoms with Crippen LogP contribution in [0.15, 0.2) is 36.4 Å². The number of methoxy groups -OCH3 is 1. The normalized spacial score (nSPS) is 11.4. The number of hydrogen-bond acceptors (Lipinski definition) is 4. The first kappa shape index (κ1) is 17.8. The molecule has 0 atom stereocenters. The molecule has 1 aromatic heterocycles. The highest BCUT2D eigenvalue weighted by molar-refractivity contribution is 6.31. The molecule has 3 rings (SSSR count). The number of aromatic nitrogens is 1. The van der Waals surface area contributed by atoms with Gasteiger partial charge >= 0.3 is 0 Å². The Morgan fingerprint density at radius 1 is 1.04 bits per heavy atom. The van der Waals surface area contributed by atoms with Gasteiger partial charge in [0, 0.05) is 22.3 Å². The summed E-state index contributed by atoms with van der Waals surface area (Å²) in [7, 11) is 5.89. The highest BCUT2D eigenvalue weighted by Crippen LogP contribution is 2.34. The Bertz CT molecular complexity index is 880. The Morgan fingerprint density at radius 2 is 1.88 bits per heavy atom. The van der Waals surface area contributed by atoms with E-state index in [4.69, 9.17) is 21.3 Å².